The van der Waals surface area contributed by atoms with Crippen LogP contribution in [0.15, 0.2) is 42.5 Å². The minimum Gasteiger partial charge on any atom is -0.761 e. The van der Waals surface area contributed by atoms with Crippen molar-refractivity contribution in [2.45, 2.75) is 49.1 Å². The van der Waals surface area contributed by atoms with Crippen LogP contribution in [0.25, 0.3) is 22.3 Å². The summed E-state index contributed by atoms with van der Waals surface area (Å²) in [5, 5.41) is 24.0. The van der Waals surface area contributed by atoms with Gasteiger partial charge >= 0.3 is 35.7 Å². The maximum absolute atomic E-state index is 13.2. The molecular weight excluding hydrogens is 712 g/mol. The molecule has 0 aliphatic carbocycles. The number of aromatic amines is 1. The van der Waals surface area contributed by atoms with E-state index in [1.165, 1.54) is 47.6 Å². The summed E-state index contributed by atoms with van der Waals surface area (Å²) in [6.45, 7) is -0.986. The topological polar surface area (TPSA) is 333 Å². The van der Waals surface area contributed by atoms with E-state index in [1.807, 2.05) is 0 Å². The standard InChI is InChI=1S/C25H30N13O11P.Na/c1-45-17-16(49-25(42)29-4-10-14(39)15(40)22(47-10)38-9-33-13-20(38)34-24(27)35-21(13)41)11(5-46-50(43,44)36-3-2-28-7-36)48-23(17)37-8-32-12-18(26)30-6-31-19(12)37;/h2-3,6-11,14-17,22-23,39-40H,4-5H2,1H3,(H,29,42)(H,43,44)(H2,26,30,31)(H3,27,34,35,41);/q;+1/p-1/t10-,11-,14-,15-,16-,17-,22-,23-;/m1./s1. The number of aliphatic hydroxyl groups excluding tert-OH is 2. The summed E-state index contributed by atoms with van der Waals surface area (Å²) in [5.74, 6) is -0.104. The van der Waals surface area contributed by atoms with Gasteiger partial charge < -0.3 is 55.4 Å². The van der Waals surface area contributed by atoms with Crippen LogP contribution in [0, 0.1) is 0 Å². The first kappa shape index (κ1) is 36.7. The summed E-state index contributed by atoms with van der Waals surface area (Å²) >= 11 is 0. The molecule has 5 aromatic rings. The molecule has 2 aliphatic rings. The van der Waals surface area contributed by atoms with E-state index >= 15 is 0 Å². The number of nitrogens with two attached hydrogens (primary N) is 2. The zero-order valence-electron chi connectivity index (χ0n) is 26.7. The van der Waals surface area contributed by atoms with Crippen LogP contribution in [0.2, 0.25) is 0 Å². The molecule has 0 bridgehead atoms. The van der Waals surface area contributed by atoms with Gasteiger partial charge in [0.2, 0.25) is 13.7 Å². The minimum atomic E-state index is -4.69. The fraction of sp³-hybridized carbons (Fsp3) is 0.440. The molecule has 0 radical (unpaired) electrons. The van der Waals surface area contributed by atoms with Crippen LogP contribution < -0.4 is 56.8 Å². The average molecular weight is 742 g/mol. The van der Waals surface area contributed by atoms with Crippen LogP contribution >= 0.6 is 7.75 Å². The van der Waals surface area contributed by atoms with Gasteiger partial charge in [0, 0.05) is 26.0 Å². The number of hydrogen-bond acceptors (Lipinski definition) is 19. The number of methoxy groups -OCH3 is 1. The third-order valence-corrected chi connectivity index (χ3v) is 9.42. The van der Waals surface area contributed by atoms with Crippen molar-refractivity contribution in [2.75, 3.05) is 31.7 Å². The number of fused-ring (bicyclic) bond motifs is 2. The second-order valence-corrected chi connectivity index (χ2v) is 12.8. The summed E-state index contributed by atoms with van der Waals surface area (Å²) < 4.78 is 44.8. The number of carbonyl (C=O) groups is 1. The van der Waals surface area contributed by atoms with Crippen molar-refractivity contribution in [3.05, 3.63) is 48.1 Å². The third kappa shape index (κ3) is 6.83. The zero-order valence-corrected chi connectivity index (χ0v) is 29.6. The molecule has 5 aromatic heterocycles. The molecule has 266 valence electrons. The normalized spacial score (nSPS) is 27.4. The number of carbonyl (C=O) groups excluding carboxylic acids is 1. The number of aliphatic hydroxyl groups is 2. The van der Waals surface area contributed by atoms with Gasteiger partial charge in [0.15, 0.2) is 41.2 Å². The smallest absolute Gasteiger partial charge is 0.761 e. The van der Waals surface area contributed by atoms with Gasteiger partial charge in [0.1, 0.15) is 48.7 Å². The average Bonchev–Trinajstić information content (AvgIpc) is 3.92. The number of anilines is 2. The quantitative estimate of drug-likeness (QED) is 0.0573. The Morgan fingerprint density at radius 1 is 1.04 bits per heavy atom. The molecule has 26 heteroatoms. The van der Waals surface area contributed by atoms with Gasteiger partial charge in [-0.05, 0) is 0 Å². The number of nitrogens with one attached hydrogen (secondary N) is 2. The Hall–Kier alpha value is -4.07. The van der Waals surface area contributed by atoms with E-state index in [4.69, 9.17) is 34.9 Å². The number of ether oxygens (including phenoxy) is 4. The minimum absolute atomic E-state index is 0. The zero-order chi connectivity index (χ0) is 35.3. The van der Waals surface area contributed by atoms with Crippen LogP contribution in [0.1, 0.15) is 12.5 Å². The largest absolute Gasteiger partial charge is 1.00 e. The Morgan fingerprint density at radius 2 is 1.76 bits per heavy atom. The van der Waals surface area contributed by atoms with E-state index in [2.05, 4.69) is 40.2 Å². The molecule has 7 rings (SSSR count). The molecule has 2 aliphatic heterocycles. The first-order valence-electron chi connectivity index (χ1n) is 14.7. The second kappa shape index (κ2) is 14.5. The molecule has 8 N–H and O–H groups in total. The van der Waals surface area contributed by atoms with Gasteiger partial charge in [0.25, 0.3) is 5.56 Å². The number of H-pyrrole nitrogens is 1. The molecule has 9 atom stereocenters. The maximum Gasteiger partial charge on any atom is 1.00 e. The summed E-state index contributed by atoms with van der Waals surface area (Å²) in [6.07, 6.45) is -3.93. The van der Waals surface area contributed by atoms with E-state index in [-0.39, 0.29) is 70.2 Å². The van der Waals surface area contributed by atoms with Crippen molar-refractivity contribution in [3.8, 4) is 0 Å². The van der Waals surface area contributed by atoms with Crippen molar-refractivity contribution >= 4 is 47.9 Å². The van der Waals surface area contributed by atoms with E-state index in [1.54, 1.807) is 0 Å². The molecule has 0 spiro atoms. The SMILES string of the molecule is CO[C@@H]1[C@H](OC(=O)NC[C@H]2O[C@@H](n3cnc4c(=O)[nH]c(N)nc43)[C@H](O)[C@@H]2O)[C@@H](COP(=O)([O-])n2ccnc2)O[C@H]1n1cnc2c(N)ncnc21.[Na+]. The number of nitrogen functional groups attached to an aromatic ring is 2. The summed E-state index contributed by atoms with van der Waals surface area (Å²) in [6, 6.07) is 0. The molecule has 2 saturated heterocycles. The van der Waals surface area contributed by atoms with E-state index in [0.717, 1.165) is 10.7 Å². The van der Waals surface area contributed by atoms with E-state index < -0.39 is 75.1 Å². The predicted octanol–water partition coefficient (Wildman–Crippen LogP) is -6.02. The van der Waals surface area contributed by atoms with Crippen LogP contribution in [0.3, 0.4) is 0 Å². The number of hydrogen-bond donors (Lipinski definition) is 6. The van der Waals surface area contributed by atoms with Gasteiger partial charge in [-0.2, -0.15) is 4.98 Å². The molecule has 1 unspecified atom stereocenters. The van der Waals surface area contributed by atoms with Gasteiger partial charge in [0.05, 0.1) is 19.3 Å². The van der Waals surface area contributed by atoms with Crippen LogP contribution in [0.4, 0.5) is 16.6 Å². The van der Waals surface area contributed by atoms with Gasteiger partial charge in [-0.1, -0.05) is 0 Å². The molecule has 0 aromatic carbocycles. The van der Waals surface area contributed by atoms with Crippen molar-refractivity contribution in [2.24, 2.45) is 0 Å². The molecule has 0 saturated carbocycles. The van der Waals surface area contributed by atoms with Crippen LogP contribution in [-0.2, 0) is 28.0 Å². The van der Waals surface area contributed by atoms with Crippen molar-refractivity contribution < 1.29 is 77.5 Å². The predicted molar refractivity (Wildman–Crippen MR) is 162 cm³/mol. The Bertz CT molecular complexity index is 2130. The van der Waals surface area contributed by atoms with Crippen molar-refractivity contribution in [3.63, 3.8) is 0 Å². The van der Waals surface area contributed by atoms with Gasteiger partial charge in [-0.3, -0.25) is 27.8 Å². The van der Waals surface area contributed by atoms with Crippen molar-refractivity contribution in [1.29, 1.82) is 0 Å². The second-order valence-electron chi connectivity index (χ2n) is 11.1. The molecular formula is C25H29N13NaO11P. The first-order valence-corrected chi connectivity index (χ1v) is 16.2. The summed E-state index contributed by atoms with van der Waals surface area (Å²) in [4.78, 5) is 64.5. The van der Waals surface area contributed by atoms with E-state index in [0.29, 0.717) is 0 Å². The van der Waals surface area contributed by atoms with Crippen LogP contribution in [0.5, 0.6) is 0 Å². The number of alkyl carbamates (subject to hydrolysis) is 1. The Balaban J connectivity index is 0.00000448. The Morgan fingerprint density at radius 3 is 2.49 bits per heavy atom. The molecule has 2 fully saturated rings. The fourth-order valence-corrected chi connectivity index (χ4v) is 6.63. The Labute approximate surface area is 307 Å². The van der Waals surface area contributed by atoms with Gasteiger partial charge in [-0.15, -0.1) is 0 Å². The molecule has 24 nitrogen and oxygen atoms in total. The maximum atomic E-state index is 13.2. The van der Waals surface area contributed by atoms with Crippen molar-refractivity contribution in [1.82, 2.24) is 53.7 Å². The summed E-state index contributed by atoms with van der Waals surface area (Å²) in [7, 11) is -3.36. The molecule has 7 heterocycles. The fourth-order valence-electron chi connectivity index (χ4n) is 5.75. The number of aromatic nitrogens is 10. The number of amides is 1. The van der Waals surface area contributed by atoms with E-state index in [9.17, 15) is 29.3 Å². The van der Waals surface area contributed by atoms with Gasteiger partial charge in [-0.25, -0.2) is 29.7 Å². The number of rotatable bonds is 10. The van der Waals surface area contributed by atoms with Crippen LogP contribution in [-0.4, -0.2) is 122 Å². The monoisotopic (exact) mass is 741 g/mol. The Kier molecular flexibility index (Phi) is 10.4. The first-order chi connectivity index (χ1) is 24.0. The molecule has 51 heavy (non-hydrogen) atoms. The molecule has 1 amide bonds. The summed E-state index contributed by atoms with van der Waals surface area (Å²) in [5.41, 5.74) is 11.4. The third-order valence-electron chi connectivity index (χ3n) is 8.15. The number of imidazole rings is 3. The number of nitrogens with zero attached hydrogens (tertiary/aromatic N) is 9.